The normalized spacial score (nSPS) is 12.6. The van der Waals surface area contributed by atoms with Gasteiger partial charge in [-0.05, 0) is 53.2 Å². The van der Waals surface area contributed by atoms with Crippen molar-refractivity contribution in [1.29, 1.82) is 0 Å². The first-order valence-corrected chi connectivity index (χ1v) is 7.22. The van der Waals surface area contributed by atoms with E-state index in [1.165, 1.54) is 6.07 Å². The summed E-state index contributed by atoms with van der Waals surface area (Å²) in [5.41, 5.74) is 0.528. The van der Waals surface area contributed by atoms with Crippen molar-refractivity contribution < 1.29 is 8.81 Å². The number of benzene rings is 1. The predicted molar refractivity (Wildman–Crippen MR) is 78.0 cm³/mol. The Labute approximate surface area is 125 Å². The Balaban J connectivity index is 2.36. The van der Waals surface area contributed by atoms with Gasteiger partial charge >= 0.3 is 0 Å². The third-order valence-electron chi connectivity index (χ3n) is 2.75. The molecule has 2 rings (SSSR count). The van der Waals surface area contributed by atoms with E-state index in [0.29, 0.717) is 21.0 Å². The van der Waals surface area contributed by atoms with E-state index in [-0.39, 0.29) is 11.9 Å². The number of rotatable bonds is 5. The van der Waals surface area contributed by atoms with Crippen molar-refractivity contribution in [2.24, 2.45) is 0 Å². The van der Waals surface area contributed by atoms with Crippen LogP contribution in [0.1, 0.15) is 30.7 Å². The molecule has 2 aromatic rings. The minimum atomic E-state index is -0.339. The monoisotopic (exact) mass is 345 g/mol. The standard InChI is InChI=1S/C14H14BrClFNO/c1-2-7-18-14(12-5-6-13(15)19-12)10-4-3-9(16)8-11(10)17/h3-6,8,14,18H,2,7H2,1H3. The molecule has 102 valence electrons. The van der Waals surface area contributed by atoms with E-state index in [9.17, 15) is 4.39 Å². The summed E-state index contributed by atoms with van der Waals surface area (Å²) in [6, 6.07) is 7.98. The van der Waals surface area contributed by atoms with Gasteiger partial charge in [-0.2, -0.15) is 0 Å². The second-order valence-electron chi connectivity index (χ2n) is 4.19. The van der Waals surface area contributed by atoms with E-state index >= 15 is 0 Å². The molecule has 1 unspecified atom stereocenters. The van der Waals surface area contributed by atoms with E-state index in [1.54, 1.807) is 18.2 Å². The highest BCUT2D eigenvalue weighted by Crippen LogP contribution is 2.29. The Kier molecular flexibility index (Phi) is 5.02. The fourth-order valence-electron chi connectivity index (χ4n) is 1.87. The lowest BCUT2D eigenvalue weighted by atomic mass is 10.0. The molecule has 1 heterocycles. The largest absolute Gasteiger partial charge is 0.452 e. The van der Waals surface area contributed by atoms with Gasteiger partial charge in [0.15, 0.2) is 4.67 Å². The molecule has 0 aliphatic heterocycles. The van der Waals surface area contributed by atoms with Crippen molar-refractivity contribution in [1.82, 2.24) is 5.32 Å². The van der Waals surface area contributed by atoms with Crippen LogP contribution in [0.15, 0.2) is 39.4 Å². The van der Waals surface area contributed by atoms with Crippen LogP contribution in [0.5, 0.6) is 0 Å². The molecule has 0 saturated heterocycles. The molecular weight excluding hydrogens is 333 g/mol. The van der Waals surface area contributed by atoms with Gasteiger partial charge in [0.1, 0.15) is 11.6 Å². The lowest BCUT2D eigenvalue weighted by Crippen LogP contribution is -2.23. The van der Waals surface area contributed by atoms with Crippen molar-refractivity contribution >= 4 is 27.5 Å². The van der Waals surface area contributed by atoms with Gasteiger partial charge in [-0.1, -0.05) is 24.6 Å². The smallest absolute Gasteiger partial charge is 0.169 e. The van der Waals surface area contributed by atoms with Crippen LogP contribution in [0, 0.1) is 5.82 Å². The van der Waals surface area contributed by atoms with Gasteiger partial charge in [0.05, 0.1) is 6.04 Å². The van der Waals surface area contributed by atoms with Crippen LogP contribution in [-0.4, -0.2) is 6.54 Å². The molecule has 0 spiro atoms. The molecule has 0 bridgehead atoms. The molecule has 1 aromatic carbocycles. The molecule has 0 aliphatic rings. The molecule has 19 heavy (non-hydrogen) atoms. The van der Waals surface area contributed by atoms with E-state index in [2.05, 4.69) is 28.2 Å². The van der Waals surface area contributed by atoms with E-state index in [1.807, 2.05) is 6.07 Å². The van der Waals surface area contributed by atoms with Crippen molar-refractivity contribution in [3.8, 4) is 0 Å². The van der Waals surface area contributed by atoms with Crippen molar-refractivity contribution in [2.45, 2.75) is 19.4 Å². The average molecular weight is 347 g/mol. The number of hydrogen-bond acceptors (Lipinski definition) is 2. The number of nitrogens with one attached hydrogen (secondary N) is 1. The third-order valence-corrected chi connectivity index (χ3v) is 3.41. The summed E-state index contributed by atoms with van der Waals surface area (Å²) < 4.78 is 20.2. The van der Waals surface area contributed by atoms with Crippen molar-refractivity contribution in [3.05, 3.63) is 57.2 Å². The van der Waals surface area contributed by atoms with E-state index < -0.39 is 0 Å². The van der Waals surface area contributed by atoms with Crippen LogP contribution in [0.25, 0.3) is 0 Å². The zero-order chi connectivity index (χ0) is 13.8. The molecule has 0 radical (unpaired) electrons. The molecule has 2 nitrogen and oxygen atoms in total. The number of halogens is 3. The zero-order valence-corrected chi connectivity index (χ0v) is 12.8. The summed E-state index contributed by atoms with van der Waals surface area (Å²) in [5, 5.41) is 3.66. The molecular formula is C14H14BrClFNO. The fraction of sp³-hybridized carbons (Fsp3) is 0.286. The van der Waals surface area contributed by atoms with Crippen molar-refractivity contribution in [3.63, 3.8) is 0 Å². The summed E-state index contributed by atoms with van der Waals surface area (Å²) in [6.07, 6.45) is 0.952. The van der Waals surface area contributed by atoms with Crippen LogP contribution in [0.4, 0.5) is 4.39 Å². The summed E-state index contributed by atoms with van der Waals surface area (Å²) >= 11 is 9.05. The van der Waals surface area contributed by atoms with Gasteiger partial charge in [0.25, 0.3) is 0 Å². The Morgan fingerprint density at radius 1 is 1.37 bits per heavy atom. The number of hydrogen-bond donors (Lipinski definition) is 1. The molecule has 1 N–H and O–H groups in total. The Morgan fingerprint density at radius 3 is 2.74 bits per heavy atom. The second-order valence-corrected chi connectivity index (χ2v) is 5.41. The molecule has 5 heteroatoms. The molecule has 0 saturated carbocycles. The maximum atomic E-state index is 14.0. The summed E-state index contributed by atoms with van der Waals surface area (Å²) in [6.45, 7) is 2.82. The van der Waals surface area contributed by atoms with Gasteiger partial charge in [-0.3, -0.25) is 0 Å². The van der Waals surface area contributed by atoms with Gasteiger partial charge < -0.3 is 9.73 Å². The van der Waals surface area contributed by atoms with Crippen LogP contribution >= 0.6 is 27.5 Å². The van der Waals surface area contributed by atoms with Gasteiger partial charge in [0.2, 0.25) is 0 Å². The van der Waals surface area contributed by atoms with Gasteiger partial charge in [-0.15, -0.1) is 0 Å². The third kappa shape index (κ3) is 3.59. The van der Waals surface area contributed by atoms with Gasteiger partial charge in [0, 0.05) is 10.6 Å². The lowest BCUT2D eigenvalue weighted by Gasteiger charge is -2.17. The molecule has 0 amide bonds. The Bertz CT molecular complexity index is 558. The van der Waals surface area contributed by atoms with Crippen LogP contribution in [-0.2, 0) is 0 Å². The highest BCUT2D eigenvalue weighted by atomic mass is 79.9. The quantitative estimate of drug-likeness (QED) is 0.831. The van der Waals surface area contributed by atoms with Crippen molar-refractivity contribution in [2.75, 3.05) is 6.54 Å². The van der Waals surface area contributed by atoms with Gasteiger partial charge in [-0.25, -0.2) is 4.39 Å². The topological polar surface area (TPSA) is 25.2 Å². The SMILES string of the molecule is CCCNC(c1ccc(Br)o1)c1ccc(Cl)cc1F. The minimum Gasteiger partial charge on any atom is -0.452 e. The second kappa shape index (κ2) is 6.55. The summed E-state index contributed by atoms with van der Waals surface area (Å²) in [4.78, 5) is 0. The highest BCUT2D eigenvalue weighted by Gasteiger charge is 2.20. The van der Waals surface area contributed by atoms with Crippen LogP contribution < -0.4 is 5.32 Å². The first kappa shape index (κ1) is 14.6. The highest BCUT2D eigenvalue weighted by molar-refractivity contribution is 9.10. The predicted octanol–water partition coefficient (Wildman–Crippen LogP) is 4.92. The average Bonchev–Trinajstić information content (AvgIpc) is 2.78. The zero-order valence-electron chi connectivity index (χ0n) is 10.4. The first-order valence-electron chi connectivity index (χ1n) is 6.05. The molecule has 1 aromatic heterocycles. The fourth-order valence-corrected chi connectivity index (χ4v) is 2.35. The Hall–Kier alpha value is -0.840. The van der Waals surface area contributed by atoms with E-state index in [4.69, 9.17) is 16.0 Å². The lowest BCUT2D eigenvalue weighted by molar-refractivity contribution is 0.424. The maximum absolute atomic E-state index is 14.0. The summed E-state index contributed by atoms with van der Waals surface area (Å²) in [5.74, 6) is 0.329. The minimum absolute atomic E-state index is 0.316. The maximum Gasteiger partial charge on any atom is 0.169 e. The van der Waals surface area contributed by atoms with E-state index in [0.717, 1.165) is 13.0 Å². The number of furan rings is 1. The first-order chi connectivity index (χ1) is 9.11. The molecule has 0 aliphatic carbocycles. The van der Waals surface area contributed by atoms with Crippen LogP contribution in [0.2, 0.25) is 5.02 Å². The molecule has 1 atom stereocenters. The Morgan fingerprint density at radius 2 is 2.16 bits per heavy atom. The summed E-state index contributed by atoms with van der Waals surface area (Å²) in [7, 11) is 0. The molecule has 0 fully saturated rings. The van der Waals surface area contributed by atoms with Crippen LogP contribution in [0.3, 0.4) is 0 Å².